The molecule has 0 spiro atoms. The van der Waals surface area contributed by atoms with Gasteiger partial charge in [0.2, 0.25) is 0 Å². The predicted molar refractivity (Wildman–Crippen MR) is 156 cm³/mol. The van der Waals surface area contributed by atoms with Crippen LogP contribution in [0.4, 0.5) is 0 Å². The van der Waals surface area contributed by atoms with Gasteiger partial charge in [-0.1, -0.05) is 111 Å². The van der Waals surface area contributed by atoms with Crippen molar-refractivity contribution in [1.82, 2.24) is 0 Å². The van der Waals surface area contributed by atoms with E-state index >= 15 is 0 Å². The summed E-state index contributed by atoms with van der Waals surface area (Å²) < 4.78 is 49.7. The van der Waals surface area contributed by atoms with Gasteiger partial charge >= 0.3 is 13.6 Å². The predicted octanol–water partition coefficient (Wildman–Crippen LogP) is 7.52. The first-order valence-electron chi connectivity index (χ1n) is 15.1. The molecule has 8 nitrogen and oxygen atoms in total. The quantitative estimate of drug-likeness (QED) is 0.0749. The monoisotopic (exact) mass is 584 g/mol. The molecule has 0 bridgehead atoms. The van der Waals surface area contributed by atoms with Crippen molar-refractivity contribution in [3.63, 3.8) is 0 Å². The lowest BCUT2D eigenvalue weighted by atomic mass is 10.1. The normalized spacial score (nSPS) is 16.1. The van der Waals surface area contributed by atoms with E-state index in [0.29, 0.717) is 19.3 Å². The molecule has 228 valence electrons. The van der Waals surface area contributed by atoms with E-state index < -0.39 is 47.0 Å². The Balaban J connectivity index is 5.13. The maximum Gasteiger partial charge on any atom is 0.333 e. The molecule has 0 fully saturated rings. The van der Waals surface area contributed by atoms with Crippen molar-refractivity contribution in [3.05, 3.63) is 0 Å². The van der Waals surface area contributed by atoms with Gasteiger partial charge in [-0.15, -0.1) is 0 Å². The molecular weight excluding hydrogens is 527 g/mol. The molecule has 0 aromatic carbocycles. The van der Waals surface area contributed by atoms with E-state index in [1.54, 1.807) is 13.8 Å². The second kappa shape index (κ2) is 22.2. The van der Waals surface area contributed by atoms with E-state index in [1.807, 2.05) is 0 Å². The lowest BCUT2D eigenvalue weighted by Crippen LogP contribution is -2.41. The second-order valence-electron chi connectivity index (χ2n) is 10.6. The van der Waals surface area contributed by atoms with Gasteiger partial charge in [-0.3, -0.25) is 4.57 Å². The molecule has 0 aromatic heterocycles. The average molecular weight is 585 g/mol. The molecule has 0 aliphatic rings. The van der Waals surface area contributed by atoms with Crippen molar-refractivity contribution in [1.29, 1.82) is 0 Å². The molecule has 2 N–H and O–H groups in total. The van der Waals surface area contributed by atoms with E-state index in [9.17, 15) is 27.8 Å². The minimum atomic E-state index is -4.18. The summed E-state index contributed by atoms with van der Waals surface area (Å²) >= 11 is 0. The highest BCUT2D eigenvalue weighted by Gasteiger charge is 2.37. The first-order valence-corrected chi connectivity index (χ1v) is 18.5. The molecule has 0 aliphatic carbocycles. The Bertz CT molecular complexity index is 743. The summed E-state index contributed by atoms with van der Waals surface area (Å²) in [5, 5.41) is 8.77. The van der Waals surface area contributed by atoms with Crippen LogP contribution in [-0.4, -0.2) is 60.4 Å². The molecule has 0 saturated heterocycles. The fraction of sp³-hybridized carbons (Fsp3) is 0.964. The summed E-state index contributed by atoms with van der Waals surface area (Å²) in [5.74, 6) is -1.35. The molecule has 0 aliphatic heterocycles. The summed E-state index contributed by atoms with van der Waals surface area (Å²) in [7, 11) is -7.71. The maximum absolute atomic E-state index is 13.4. The van der Waals surface area contributed by atoms with E-state index in [4.69, 9.17) is 9.26 Å². The molecule has 0 rings (SSSR count). The molecule has 10 heteroatoms. The third-order valence-electron chi connectivity index (χ3n) is 6.91. The minimum absolute atomic E-state index is 0.0312. The van der Waals surface area contributed by atoms with Gasteiger partial charge < -0.3 is 19.3 Å². The van der Waals surface area contributed by atoms with Crippen molar-refractivity contribution in [2.24, 2.45) is 0 Å². The van der Waals surface area contributed by atoms with Crippen LogP contribution < -0.4 is 0 Å². The van der Waals surface area contributed by atoms with Gasteiger partial charge in [-0.05, 0) is 26.2 Å². The first-order chi connectivity index (χ1) is 18.0. The summed E-state index contributed by atoms with van der Waals surface area (Å²) in [4.78, 5) is 21.9. The molecule has 0 amide bonds. The smallest absolute Gasteiger partial charge is 0.333 e. The molecule has 4 atom stereocenters. The molecule has 0 radical (unpaired) electrons. The van der Waals surface area contributed by atoms with Crippen molar-refractivity contribution in [3.8, 4) is 0 Å². The van der Waals surface area contributed by atoms with E-state index in [2.05, 4.69) is 13.8 Å². The number of carboxylic acid groups (broad SMARTS) is 1. The summed E-state index contributed by atoms with van der Waals surface area (Å²) in [6.07, 6.45) is 13.5. The Morgan fingerprint density at radius 1 is 0.789 bits per heavy atom. The van der Waals surface area contributed by atoms with Crippen LogP contribution in [0.25, 0.3) is 0 Å². The summed E-state index contributed by atoms with van der Waals surface area (Å²) in [6, 6.07) is 0. The zero-order chi connectivity index (χ0) is 28.9. The van der Waals surface area contributed by atoms with Gasteiger partial charge in [-0.2, -0.15) is 0 Å². The number of carbonyl (C=O) groups is 1. The fourth-order valence-electron chi connectivity index (χ4n) is 4.62. The maximum atomic E-state index is 13.4. The lowest BCUT2D eigenvalue weighted by molar-refractivity contribution is -0.152. The third kappa shape index (κ3) is 18.8. The average Bonchev–Trinajstić information content (AvgIpc) is 2.85. The number of ether oxygens (including phenoxy) is 1. The molecule has 4 unspecified atom stereocenters. The van der Waals surface area contributed by atoms with Crippen LogP contribution in [0.15, 0.2) is 0 Å². The highest BCUT2D eigenvalue weighted by Crippen LogP contribution is 2.43. The van der Waals surface area contributed by atoms with Crippen LogP contribution in [0.5, 0.6) is 0 Å². The Labute approximate surface area is 233 Å². The van der Waals surface area contributed by atoms with Crippen LogP contribution in [0.2, 0.25) is 0 Å². The van der Waals surface area contributed by atoms with Crippen LogP contribution >= 0.6 is 7.60 Å². The zero-order valence-electron chi connectivity index (χ0n) is 24.6. The SMILES string of the molecule is CCCCCCCCCCCS(=O)(=O)C(CCCCCCCC)C(C)OC(CP(=O)(O)OCCC)C(=O)O. The van der Waals surface area contributed by atoms with E-state index in [-0.39, 0.29) is 12.4 Å². The number of carboxylic acids is 1. The van der Waals surface area contributed by atoms with Crippen LogP contribution in [0.1, 0.15) is 137 Å². The zero-order valence-corrected chi connectivity index (χ0v) is 26.3. The minimum Gasteiger partial charge on any atom is -0.479 e. The molecule has 0 aromatic rings. The Hall–Kier alpha value is -0.470. The lowest BCUT2D eigenvalue weighted by Gasteiger charge is -2.28. The van der Waals surface area contributed by atoms with Crippen LogP contribution in [-0.2, 0) is 28.5 Å². The van der Waals surface area contributed by atoms with Crippen molar-refractivity contribution in [2.45, 2.75) is 154 Å². The Morgan fingerprint density at radius 3 is 1.74 bits per heavy atom. The molecule has 0 heterocycles. The Morgan fingerprint density at radius 2 is 1.26 bits per heavy atom. The van der Waals surface area contributed by atoms with Crippen LogP contribution in [0.3, 0.4) is 0 Å². The fourth-order valence-corrected chi connectivity index (χ4v) is 7.94. The molecular formula is C28H57O8PS. The van der Waals surface area contributed by atoms with E-state index in [1.165, 1.54) is 32.1 Å². The van der Waals surface area contributed by atoms with Crippen molar-refractivity contribution >= 4 is 23.4 Å². The topological polar surface area (TPSA) is 127 Å². The number of unbranched alkanes of at least 4 members (excludes halogenated alkanes) is 13. The van der Waals surface area contributed by atoms with Gasteiger partial charge in [-0.25, -0.2) is 13.2 Å². The molecule has 0 saturated carbocycles. The van der Waals surface area contributed by atoms with Gasteiger partial charge in [0.05, 0.1) is 29.9 Å². The Kier molecular flexibility index (Phi) is 22.0. The largest absolute Gasteiger partial charge is 0.479 e. The van der Waals surface area contributed by atoms with Gasteiger partial charge in [0.25, 0.3) is 0 Å². The number of sulfone groups is 1. The van der Waals surface area contributed by atoms with E-state index in [0.717, 1.165) is 57.8 Å². The summed E-state index contributed by atoms with van der Waals surface area (Å²) in [6.45, 7) is 7.72. The number of hydrogen-bond donors (Lipinski definition) is 2. The van der Waals surface area contributed by atoms with Gasteiger partial charge in [0.15, 0.2) is 15.9 Å². The standard InChI is InChI=1S/C28H57O8PS/c1-5-8-10-12-14-15-16-18-20-23-38(33,34)27(21-19-17-13-11-9-6-2)25(4)36-26(28(29)30)24-37(31,32)35-22-7-3/h25-27H,5-24H2,1-4H3,(H,29,30)(H,31,32). The van der Waals surface area contributed by atoms with Crippen molar-refractivity contribution < 1.29 is 37.0 Å². The number of rotatable bonds is 27. The second-order valence-corrected chi connectivity index (χ2v) is 14.8. The van der Waals surface area contributed by atoms with Gasteiger partial charge in [0.1, 0.15) is 0 Å². The highest BCUT2D eigenvalue weighted by atomic mass is 32.2. The number of aliphatic carboxylic acids is 1. The van der Waals surface area contributed by atoms with Gasteiger partial charge in [0, 0.05) is 0 Å². The third-order valence-corrected chi connectivity index (χ3v) is 10.7. The number of hydrogen-bond acceptors (Lipinski definition) is 6. The highest BCUT2D eigenvalue weighted by molar-refractivity contribution is 7.92. The summed E-state index contributed by atoms with van der Waals surface area (Å²) in [5.41, 5.74) is 0. The van der Waals surface area contributed by atoms with Crippen LogP contribution in [0, 0.1) is 0 Å². The molecule has 38 heavy (non-hydrogen) atoms. The van der Waals surface area contributed by atoms with Crippen molar-refractivity contribution in [2.75, 3.05) is 18.5 Å². The first kappa shape index (κ1) is 37.5.